The highest BCUT2D eigenvalue weighted by Gasteiger charge is 2.16. The fourth-order valence-corrected chi connectivity index (χ4v) is 1.46. The van der Waals surface area contributed by atoms with Crippen molar-refractivity contribution in [3.05, 3.63) is 29.3 Å². The summed E-state index contributed by atoms with van der Waals surface area (Å²) in [5.41, 5.74) is 0.177. The molecular formula is C10H9FN2O3. The number of imidazole rings is 1. The molecule has 6 heteroatoms. The molecule has 84 valence electrons. The molecule has 2 rings (SSSR count). The molecule has 16 heavy (non-hydrogen) atoms. The van der Waals surface area contributed by atoms with E-state index in [1.54, 1.807) is 0 Å². The number of hydrogen-bond donors (Lipinski definition) is 3. The van der Waals surface area contributed by atoms with E-state index in [1.165, 1.54) is 6.92 Å². The van der Waals surface area contributed by atoms with Crippen molar-refractivity contribution < 1.29 is 19.4 Å². The van der Waals surface area contributed by atoms with Gasteiger partial charge in [0.25, 0.3) is 0 Å². The van der Waals surface area contributed by atoms with Gasteiger partial charge in [-0.25, -0.2) is 14.2 Å². The number of nitrogens with one attached hydrogen (secondary N) is 1. The zero-order valence-corrected chi connectivity index (χ0v) is 8.36. The maximum atomic E-state index is 13.1. The first kappa shape index (κ1) is 10.6. The molecule has 1 heterocycles. The molecule has 0 radical (unpaired) electrons. The van der Waals surface area contributed by atoms with Crippen LogP contribution in [0.1, 0.15) is 29.2 Å². The van der Waals surface area contributed by atoms with E-state index >= 15 is 0 Å². The number of aromatic nitrogens is 2. The summed E-state index contributed by atoms with van der Waals surface area (Å²) in [6.07, 6.45) is -0.864. The van der Waals surface area contributed by atoms with Crippen molar-refractivity contribution in [1.82, 2.24) is 9.97 Å². The van der Waals surface area contributed by atoms with Gasteiger partial charge in [-0.2, -0.15) is 0 Å². The third-order valence-corrected chi connectivity index (χ3v) is 2.20. The minimum atomic E-state index is -1.26. The van der Waals surface area contributed by atoms with Crippen molar-refractivity contribution in [2.24, 2.45) is 0 Å². The van der Waals surface area contributed by atoms with Crippen molar-refractivity contribution in [2.75, 3.05) is 0 Å². The van der Waals surface area contributed by atoms with Gasteiger partial charge in [-0.1, -0.05) is 0 Å². The van der Waals surface area contributed by atoms with Crippen LogP contribution in [0, 0.1) is 5.82 Å². The third-order valence-electron chi connectivity index (χ3n) is 2.20. The number of aliphatic hydroxyl groups is 1. The molecule has 2 aromatic rings. The quantitative estimate of drug-likeness (QED) is 0.720. The number of aliphatic hydroxyl groups excluding tert-OH is 1. The molecule has 5 nitrogen and oxygen atoms in total. The molecule has 0 saturated carbocycles. The van der Waals surface area contributed by atoms with Gasteiger partial charge in [0.15, 0.2) is 0 Å². The van der Waals surface area contributed by atoms with Crippen LogP contribution in [-0.4, -0.2) is 26.2 Å². The number of benzene rings is 1. The molecule has 0 aliphatic heterocycles. The normalized spacial score (nSPS) is 12.9. The number of carbonyl (C=O) groups is 1. The Morgan fingerprint density at radius 1 is 1.56 bits per heavy atom. The van der Waals surface area contributed by atoms with Crippen molar-refractivity contribution in [1.29, 1.82) is 0 Å². The number of carboxylic acid groups (broad SMARTS) is 1. The Morgan fingerprint density at radius 3 is 2.81 bits per heavy atom. The van der Waals surface area contributed by atoms with E-state index in [-0.39, 0.29) is 22.4 Å². The van der Waals surface area contributed by atoms with Crippen LogP contribution in [0.5, 0.6) is 0 Å². The predicted molar refractivity (Wildman–Crippen MR) is 53.6 cm³/mol. The van der Waals surface area contributed by atoms with E-state index in [1.807, 2.05) is 0 Å². The maximum absolute atomic E-state index is 13.1. The minimum Gasteiger partial charge on any atom is -0.478 e. The highest BCUT2D eigenvalue weighted by atomic mass is 19.1. The number of hydrogen-bond acceptors (Lipinski definition) is 3. The number of H-pyrrole nitrogens is 1. The van der Waals surface area contributed by atoms with E-state index in [9.17, 15) is 14.3 Å². The lowest BCUT2D eigenvalue weighted by Crippen LogP contribution is -1.98. The minimum absolute atomic E-state index is 0.143. The predicted octanol–water partition coefficient (Wildman–Crippen LogP) is 1.45. The first-order chi connectivity index (χ1) is 7.49. The lowest BCUT2D eigenvalue weighted by atomic mass is 10.2. The van der Waals surface area contributed by atoms with Crippen LogP contribution in [-0.2, 0) is 0 Å². The van der Waals surface area contributed by atoms with E-state index < -0.39 is 17.9 Å². The maximum Gasteiger partial charge on any atom is 0.338 e. The second kappa shape index (κ2) is 3.57. The first-order valence-corrected chi connectivity index (χ1v) is 4.59. The van der Waals surface area contributed by atoms with E-state index in [4.69, 9.17) is 5.11 Å². The molecule has 0 aliphatic carbocycles. The Kier molecular flexibility index (Phi) is 2.35. The van der Waals surface area contributed by atoms with Crippen LogP contribution in [0.3, 0.4) is 0 Å². The van der Waals surface area contributed by atoms with Crippen molar-refractivity contribution in [2.45, 2.75) is 13.0 Å². The van der Waals surface area contributed by atoms with Crippen LogP contribution in [0.4, 0.5) is 4.39 Å². The first-order valence-electron chi connectivity index (χ1n) is 4.59. The molecule has 0 bridgehead atoms. The number of rotatable bonds is 2. The average molecular weight is 224 g/mol. The average Bonchev–Trinajstić information content (AvgIpc) is 2.59. The highest BCUT2D eigenvalue weighted by Crippen LogP contribution is 2.21. The second-order valence-corrected chi connectivity index (χ2v) is 3.45. The Hall–Kier alpha value is -1.95. The van der Waals surface area contributed by atoms with Crippen molar-refractivity contribution >= 4 is 17.0 Å². The topological polar surface area (TPSA) is 86.2 Å². The summed E-state index contributed by atoms with van der Waals surface area (Å²) in [7, 11) is 0. The molecule has 0 saturated heterocycles. The second-order valence-electron chi connectivity index (χ2n) is 3.45. The van der Waals surface area contributed by atoms with Crippen LogP contribution < -0.4 is 0 Å². The van der Waals surface area contributed by atoms with Gasteiger partial charge in [0.05, 0.1) is 11.1 Å². The summed E-state index contributed by atoms with van der Waals surface area (Å²) in [5.74, 6) is -1.71. The zero-order chi connectivity index (χ0) is 11.9. The summed E-state index contributed by atoms with van der Waals surface area (Å²) in [6.45, 7) is 1.48. The van der Waals surface area contributed by atoms with Gasteiger partial charge in [0, 0.05) is 0 Å². The fraction of sp³-hybridized carbons (Fsp3) is 0.200. The van der Waals surface area contributed by atoms with Crippen molar-refractivity contribution in [3.8, 4) is 0 Å². The molecule has 0 spiro atoms. The van der Waals surface area contributed by atoms with E-state index in [0.717, 1.165) is 12.1 Å². The van der Waals surface area contributed by atoms with Crippen LogP contribution in [0.2, 0.25) is 0 Å². The number of aromatic amines is 1. The lowest BCUT2D eigenvalue weighted by molar-refractivity contribution is 0.0698. The van der Waals surface area contributed by atoms with Gasteiger partial charge in [-0.05, 0) is 19.1 Å². The molecule has 0 aliphatic rings. The molecule has 0 amide bonds. The van der Waals surface area contributed by atoms with E-state index in [2.05, 4.69) is 9.97 Å². The van der Waals surface area contributed by atoms with E-state index in [0.29, 0.717) is 0 Å². The summed E-state index contributed by atoms with van der Waals surface area (Å²) >= 11 is 0. The van der Waals surface area contributed by atoms with Gasteiger partial charge in [-0.3, -0.25) is 0 Å². The van der Waals surface area contributed by atoms with Gasteiger partial charge < -0.3 is 15.2 Å². The molecule has 1 atom stereocenters. The fourth-order valence-electron chi connectivity index (χ4n) is 1.46. The van der Waals surface area contributed by atoms with Gasteiger partial charge in [0.1, 0.15) is 23.3 Å². The van der Waals surface area contributed by atoms with Crippen LogP contribution in [0.25, 0.3) is 11.0 Å². The standard InChI is InChI=1S/C10H9FN2O3/c1-4(14)9-12-7-3-5(11)2-6(10(15)16)8(7)13-9/h2-4,14H,1H3,(H,12,13)(H,15,16)/t4-/m0/s1. The molecule has 3 N–H and O–H groups in total. The van der Waals surface area contributed by atoms with Crippen LogP contribution in [0.15, 0.2) is 12.1 Å². The zero-order valence-electron chi connectivity index (χ0n) is 8.36. The number of carboxylic acids is 1. The highest BCUT2D eigenvalue weighted by molar-refractivity contribution is 6.00. The molecule has 0 fully saturated rings. The van der Waals surface area contributed by atoms with Crippen LogP contribution >= 0.6 is 0 Å². The summed E-state index contributed by atoms with van der Waals surface area (Å²) < 4.78 is 13.1. The molecule has 1 aromatic heterocycles. The Morgan fingerprint density at radius 2 is 2.25 bits per heavy atom. The molecular weight excluding hydrogens is 215 g/mol. The Labute approximate surface area is 89.6 Å². The number of aromatic carboxylic acids is 1. The lowest BCUT2D eigenvalue weighted by Gasteiger charge is -1.96. The summed E-state index contributed by atoms with van der Waals surface area (Å²) in [4.78, 5) is 17.5. The van der Waals surface area contributed by atoms with Gasteiger partial charge >= 0.3 is 5.97 Å². The number of nitrogens with zero attached hydrogens (tertiary/aromatic N) is 1. The van der Waals surface area contributed by atoms with Crippen molar-refractivity contribution in [3.63, 3.8) is 0 Å². The number of fused-ring (bicyclic) bond motifs is 1. The molecule has 1 aromatic carbocycles. The number of halogens is 1. The molecule has 0 unspecified atom stereocenters. The smallest absolute Gasteiger partial charge is 0.338 e. The largest absolute Gasteiger partial charge is 0.478 e. The summed E-state index contributed by atoms with van der Waals surface area (Å²) in [5, 5.41) is 18.2. The summed E-state index contributed by atoms with van der Waals surface area (Å²) in [6, 6.07) is 2.04. The van der Waals surface area contributed by atoms with Gasteiger partial charge in [-0.15, -0.1) is 0 Å². The Bertz CT molecular complexity index is 562. The SMILES string of the molecule is C[C@H](O)c1nc2c(C(=O)O)cc(F)cc2[nH]1. The van der Waals surface area contributed by atoms with Gasteiger partial charge in [0.2, 0.25) is 0 Å². The third kappa shape index (κ3) is 1.63. The Balaban J connectivity index is 2.75. The monoisotopic (exact) mass is 224 g/mol.